The van der Waals surface area contributed by atoms with Gasteiger partial charge in [-0.3, -0.25) is 28.8 Å². The molecule has 0 aromatic heterocycles. The van der Waals surface area contributed by atoms with Gasteiger partial charge < -0.3 is 47.4 Å². The Bertz CT molecular complexity index is 1030. The van der Waals surface area contributed by atoms with Gasteiger partial charge in [-0.15, -0.1) is 6.58 Å². The van der Waals surface area contributed by atoms with Crippen LogP contribution in [0, 0.1) is 6.61 Å². The van der Waals surface area contributed by atoms with Crippen molar-refractivity contribution in [3.05, 3.63) is 19.3 Å². The molecule has 0 N–H and O–H groups in total. The predicted molar refractivity (Wildman–Crippen MR) is 138 cm³/mol. The minimum absolute atomic E-state index is 0.123. The average molecular weight is 618 g/mol. The van der Waals surface area contributed by atoms with Crippen LogP contribution in [-0.2, 0) is 76.1 Å². The minimum Gasteiger partial charge on any atom is -0.463 e. The monoisotopic (exact) mass is 617 g/mol. The molecule has 9 atom stereocenters. The molecular weight excluding hydrogens is 580 g/mol. The van der Waals surface area contributed by atoms with Crippen LogP contribution in [0.4, 0.5) is 0 Å². The molecule has 0 saturated carbocycles. The lowest BCUT2D eigenvalue weighted by Gasteiger charge is -2.47. The zero-order chi connectivity index (χ0) is 32.3. The van der Waals surface area contributed by atoms with Crippen molar-refractivity contribution >= 4 is 35.8 Å². The van der Waals surface area contributed by atoms with Gasteiger partial charge in [0.2, 0.25) is 0 Å². The Kier molecular flexibility index (Phi) is 14.0. The number of carbonyl (C=O) groups excluding carboxylic acids is 6. The Labute approximate surface area is 248 Å². The van der Waals surface area contributed by atoms with E-state index in [0.717, 1.165) is 48.1 Å². The molecule has 0 amide bonds. The largest absolute Gasteiger partial charge is 0.463 e. The Hall–Kier alpha value is -3.60. The van der Waals surface area contributed by atoms with E-state index in [9.17, 15) is 28.8 Å². The van der Waals surface area contributed by atoms with Gasteiger partial charge in [-0.05, 0) is 0 Å². The van der Waals surface area contributed by atoms with E-state index in [2.05, 4.69) is 6.58 Å². The maximum atomic E-state index is 12.2. The first-order valence-corrected chi connectivity index (χ1v) is 13.2. The van der Waals surface area contributed by atoms with Gasteiger partial charge in [-0.1, -0.05) is 6.08 Å². The van der Waals surface area contributed by atoms with Crippen LogP contribution in [0.3, 0.4) is 0 Å². The van der Waals surface area contributed by atoms with E-state index in [0.29, 0.717) is 0 Å². The molecule has 1 radical (unpaired) electrons. The highest BCUT2D eigenvalue weighted by Gasteiger charge is 2.55. The third-order valence-corrected chi connectivity index (χ3v) is 5.80. The van der Waals surface area contributed by atoms with E-state index >= 15 is 0 Å². The van der Waals surface area contributed by atoms with E-state index in [4.69, 9.17) is 47.4 Å². The molecule has 2 aliphatic rings. The first kappa shape index (κ1) is 35.6. The fourth-order valence-electron chi connectivity index (χ4n) is 4.33. The summed E-state index contributed by atoms with van der Waals surface area (Å²) in [5.41, 5.74) is 0. The molecule has 16 heteroatoms. The highest BCUT2D eigenvalue weighted by molar-refractivity contribution is 5.68. The SMILES string of the molecule is C=CCO[C@H]1[C@H](O[C@H]2[C@H](OC(C)=O)[C@@H](OC(C)=O)[CH]O[C@@H]2COC(C)=O)O[C@H](COC(C)=O)[C@H](OC(C)=O)[C@@H]1OC(C)=O. The second-order valence-corrected chi connectivity index (χ2v) is 9.44. The van der Waals surface area contributed by atoms with Crippen LogP contribution in [0.5, 0.6) is 0 Å². The van der Waals surface area contributed by atoms with E-state index in [1.54, 1.807) is 0 Å². The molecule has 0 bridgehead atoms. The van der Waals surface area contributed by atoms with Gasteiger partial charge in [0.1, 0.15) is 44.2 Å². The Balaban J connectivity index is 2.60. The normalized spacial score (nSPS) is 30.2. The first-order chi connectivity index (χ1) is 20.2. The molecular formula is C27H37O16. The van der Waals surface area contributed by atoms with Gasteiger partial charge in [-0.25, -0.2) is 0 Å². The van der Waals surface area contributed by atoms with Crippen LogP contribution < -0.4 is 0 Å². The van der Waals surface area contributed by atoms with Gasteiger partial charge in [-0.2, -0.15) is 0 Å². The van der Waals surface area contributed by atoms with Crippen LogP contribution in [0.15, 0.2) is 12.7 Å². The van der Waals surface area contributed by atoms with Crippen LogP contribution in [0.25, 0.3) is 0 Å². The van der Waals surface area contributed by atoms with Crippen molar-refractivity contribution in [2.24, 2.45) is 0 Å². The summed E-state index contributed by atoms with van der Waals surface area (Å²) >= 11 is 0. The highest BCUT2D eigenvalue weighted by Crippen LogP contribution is 2.34. The van der Waals surface area contributed by atoms with E-state index in [1.165, 1.54) is 6.08 Å². The lowest BCUT2D eigenvalue weighted by Crippen LogP contribution is -2.65. The highest BCUT2D eigenvalue weighted by atomic mass is 16.7. The lowest BCUT2D eigenvalue weighted by molar-refractivity contribution is -0.340. The van der Waals surface area contributed by atoms with Gasteiger partial charge in [0, 0.05) is 41.5 Å². The maximum Gasteiger partial charge on any atom is 0.303 e. The maximum absolute atomic E-state index is 12.2. The van der Waals surface area contributed by atoms with Gasteiger partial charge in [0.05, 0.1) is 6.61 Å². The molecule has 0 aromatic carbocycles. The molecule has 0 aliphatic carbocycles. The summed E-state index contributed by atoms with van der Waals surface area (Å²) in [6, 6.07) is 0. The molecule has 0 unspecified atom stereocenters. The smallest absolute Gasteiger partial charge is 0.303 e. The minimum atomic E-state index is -1.53. The zero-order valence-corrected chi connectivity index (χ0v) is 24.7. The second-order valence-electron chi connectivity index (χ2n) is 9.44. The van der Waals surface area contributed by atoms with Crippen molar-refractivity contribution < 1.29 is 76.1 Å². The quantitative estimate of drug-likeness (QED) is 0.153. The topological polar surface area (TPSA) is 195 Å². The van der Waals surface area contributed by atoms with Crippen LogP contribution in [0.2, 0.25) is 0 Å². The summed E-state index contributed by atoms with van der Waals surface area (Å²) in [5, 5.41) is 0. The van der Waals surface area contributed by atoms with E-state index in [1.807, 2.05) is 0 Å². The van der Waals surface area contributed by atoms with Gasteiger partial charge in [0.15, 0.2) is 30.7 Å². The van der Waals surface area contributed by atoms with Gasteiger partial charge >= 0.3 is 35.8 Å². The fraction of sp³-hybridized carbons (Fsp3) is 0.667. The van der Waals surface area contributed by atoms with Crippen molar-refractivity contribution in [2.75, 3.05) is 19.8 Å². The molecule has 2 fully saturated rings. The predicted octanol–water partition coefficient (Wildman–Crippen LogP) is 0.0813. The number of esters is 6. The summed E-state index contributed by atoms with van der Waals surface area (Å²) in [4.78, 5) is 71.3. The third-order valence-electron chi connectivity index (χ3n) is 5.80. The number of ether oxygens (including phenoxy) is 10. The van der Waals surface area contributed by atoms with E-state index in [-0.39, 0.29) is 6.61 Å². The van der Waals surface area contributed by atoms with Crippen molar-refractivity contribution in [3.8, 4) is 0 Å². The van der Waals surface area contributed by atoms with Crippen LogP contribution in [-0.4, -0.2) is 111 Å². The first-order valence-electron chi connectivity index (χ1n) is 13.2. The zero-order valence-electron chi connectivity index (χ0n) is 24.7. The molecule has 241 valence electrons. The number of hydrogen-bond donors (Lipinski definition) is 0. The molecule has 2 heterocycles. The summed E-state index contributed by atoms with van der Waals surface area (Å²) in [5.74, 6) is -4.40. The summed E-state index contributed by atoms with van der Waals surface area (Å²) in [6.07, 6.45) is -10.6. The number of hydrogen-bond acceptors (Lipinski definition) is 16. The van der Waals surface area contributed by atoms with Crippen LogP contribution >= 0.6 is 0 Å². The summed E-state index contributed by atoms with van der Waals surface area (Å²) < 4.78 is 55.7. The summed E-state index contributed by atoms with van der Waals surface area (Å²) in [7, 11) is 0. The Morgan fingerprint density at radius 2 is 1.16 bits per heavy atom. The third kappa shape index (κ3) is 11.2. The fourth-order valence-corrected chi connectivity index (χ4v) is 4.33. The molecule has 2 saturated heterocycles. The molecule has 2 rings (SSSR count). The standard InChI is InChI=1S/C27H37O16/c1-8-9-34-26-25(41-18(7)33)24(40-17(6)32)21(11-36-14(3)29)42-27(26)43-22-19(10-35-13(2)28)37-12-20(38-15(4)30)23(22)39-16(5)31/h8,12,19-27H,1,9-11H2,2-7H3/t19-,20+,21-,22-,23-,24+,25+,26-,27+/m1/s1. The molecule has 16 nitrogen and oxygen atoms in total. The van der Waals surface area contributed by atoms with Crippen molar-refractivity contribution in [1.82, 2.24) is 0 Å². The van der Waals surface area contributed by atoms with Crippen LogP contribution in [0.1, 0.15) is 41.5 Å². The molecule has 0 aromatic rings. The number of rotatable bonds is 13. The second kappa shape index (κ2) is 16.9. The molecule has 43 heavy (non-hydrogen) atoms. The van der Waals surface area contributed by atoms with Crippen molar-refractivity contribution in [3.63, 3.8) is 0 Å². The lowest BCUT2D eigenvalue weighted by atomic mass is 9.96. The van der Waals surface area contributed by atoms with Crippen molar-refractivity contribution in [1.29, 1.82) is 0 Å². The Morgan fingerprint density at radius 3 is 1.67 bits per heavy atom. The average Bonchev–Trinajstić information content (AvgIpc) is 2.88. The molecule has 0 spiro atoms. The van der Waals surface area contributed by atoms with E-state index < -0.39 is 104 Å². The Morgan fingerprint density at radius 1 is 0.651 bits per heavy atom. The van der Waals surface area contributed by atoms with Gasteiger partial charge in [0.25, 0.3) is 0 Å². The summed E-state index contributed by atoms with van der Waals surface area (Å²) in [6.45, 7) is 10.5. The molecule has 2 aliphatic heterocycles. The van der Waals surface area contributed by atoms with Crippen molar-refractivity contribution in [2.45, 2.75) is 96.7 Å². The number of carbonyl (C=O) groups is 6.